The molecule has 9 nitrogen and oxygen atoms in total. The highest BCUT2D eigenvalue weighted by Gasteiger charge is 2.41. The van der Waals surface area contributed by atoms with Crippen LogP contribution in [0.5, 0.6) is 0 Å². The monoisotopic (exact) mass is 418 g/mol. The van der Waals surface area contributed by atoms with Crippen molar-refractivity contribution >= 4 is 23.2 Å². The molecule has 0 bridgehead atoms. The van der Waals surface area contributed by atoms with Crippen molar-refractivity contribution in [1.82, 2.24) is 30.5 Å². The molecule has 0 saturated heterocycles. The summed E-state index contributed by atoms with van der Waals surface area (Å²) in [6.07, 6.45) is 6.14. The first-order valence-corrected chi connectivity index (χ1v) is 10.1. The third-order valence-corrected chi connectivity index (χ3v) is 5.68. The highest BCUT2D eigenvalue weighted by molar-refractivity contribution is 5.94. The quantitative estimate of drug-likeness (QED) is 0.600. The number of aromatic nitrogens is 3. The number of hydrogen-bond acceptors (Lipinski definition) is 5. The minimum absolute atomic E-state index is 0.0892. The van der Waals surface area contributed by atoms with Crippen LogP contribution in [0.15, 0.2) is 48.9 Å². The molecular weight excluding hydrogens is 396 g/mol. The first kappa shape index (κ1) is 19.3. The molecule has 0 radical (unpaired) electrons. The molecule has 2 aromatic heterocycles. The van der Waals surface area contributed by atoms with Crippen molar-refractivity contribution in [2.45, 2.75) is 18.3 Å². The highest BCUT2D eigenvalue weighted by Crippen LogP contribution is 2.55. The van der Waals surface area contributed by atoms with Crippen LogP contribution < -0.4 is 16.0 Å². The van der Waals surface area contributed by atoms with Crippen molar-refractivity contribution in [2.75, 3.05) is 20.4 Å². The first-order chi connectivity index (χ1) is 15.1. The molecule has 31 heavy (non-hydrogen) atoms. The van der Waals surface area contributed by atoms with Crippen LogP contribution in [0.1, 0.15) is 45.4 Å². The number of hydrogen-bond donors (Lipinski definition) is 3. The lowest BCUT2D eigenvalue weighted by Gasteiger charge is -2.15. The summed E-state index contributed by atoms with van der Waals surface area (Å²) in [4.78, 5) is 28.2. The first-order valence-electron chi connectivity index (χ1n) is 10.1. The number of urea groups is 1. The maximum Gasteiger partial charge on any atom is 0.320 e. The van der Waals surface area contributed by atoms with E-state index < -0.39 is 0 Å². The van der Waals surface area contributed by atoms with Gasteiger partial charge in [-0.1, -0.05) is 12.1 Å². The Kier molecular flexibility index (Phi) is 4.87. The van der Waals surface area contributed by atoms with Crippen molar-refractivity contribution < 1.29 is 14.3 Å². The Balaban J connectivity index is 1.48. The van der Waals surface area contributed by atoms with Crippen molar-refractivity contribution in [2.24, 2.45) is 0 Å². The molecule has 1 fully saturated rings. The number of nitrogens with zero attached hydrogens (tertiary/aromatic N) is 3. The fourth-order valence-corrected chi connectivity index (χ4v) is 4.00. The van der Waals surface area contributed by atoms with Crippen LogP contribution in [-0.2, 0) is 4.74 Å². The molecule has 0 spiro atoms. The fourth-order valence-electron chi connectivity index (χ4n) is 4.00. The molecule has 3 heterocycles. The SMILES string of the molecule is CNC(=O)c1cccc([C@H]2C[C@@H]2c2cc(/C3=C/NC(=O)NCOC3)nn3ccnc23)c1. The summed E-state index contributed by atoms with van der Waals surface area (Å²) in [6.45, 7) is 0.456. The van der Waals surface area contributed by atoms with Crippen LogP contribution in [-0.4, -0.2) is 46.9 Å². The van der Waals surface area contributed by atoms with Crippen molar-refractivity contribution in [3.05, 3.63) is 71.3 Å². The number of nitrogens with one attached hydrogen (secondary N) is 3. The second kappa shape index (κ2) is 7.84. The van der Waals surface area contributed by atoms with Gasteiger partial charge in [0.25, 0.3) is 5.91 Å². The molecular formula is C22H22N6O3. The van der Waals surface area contributed by atoms with E-state index >= 15 is 0 Å². The molecule has 1 aliphatic carbocycles. The van der Waals surface area contributed by atoms with E-state index in [-0.39, 0.29) is 24.6 Å². The Morgan fingerprint density at radius 3 is 3.06 bits per heavy atom. The van der Waals surface area contributed by atoms with E-state index in [2.05, 4.69) is 32.1 Å². The van der Waals surface area contributed by atoms with Gasteiger partial charge in [-0.05, 0) is 42.0 Å². The number of carbonyl (C=O) groups excluding carboxylic acids is 2. The molecule has 3 N–H and O–H groups in total. The molecule has 3 aromatic rings. The Labute approximate surface area is 178 Å². The second-order valence-corrected chi connectivity index (χ2v) is 7.65. The lowest BCUT2D eigenvalue weighted by atomic mass is 10.0. The zero-order valence-corrected chi connectivity index (χ0v) is 17.0. The summed E-state index contributed by atoms with van der Waals surface area (Å²) in [5.74, 6) is 0.499. The minimum Gasteiger partial charge on any atom is -0.356 e. The van der Waals surface area contributed by atoms with Gasteiger partial charge < -0.3 is 20.7 Å². The number of fused-ring (bicyclic) bond motifs is 1. The Morgan fingerprint density at radius 1 is 1.29 bits per heavy atom. The molecule has 2 atom stereocenters. The molecule has 1 saturated carbocycles. The van der Waals surface area contributed by atoms with Crippen LogP contribution in [0.3, 0.4) is 0 Å². The van der Waals surface area contributed by atoms with E-state index in [1.54, 1.807) is 24.0 Å². The molecule has 3 amide bonds. The van der Waals surface area contributed by atoms with Gasteiger partial charge in [0.15, 0.2) is 5.65 Å². The molecule has 1 aliphatic heterocycles. The number of carbonyl (C=O) groups is 2. The third kappa shape index (κ3) is 3.75. The molecule has 158 valence electrons. The van der Waals surface area contributed by atoms with E-state index in [4.69, 9.17) is 4.74 Å². The van der Waals surface area contributed by atoms with E-state index in [0.717, 1.165) is 34.5 Å². The summed E-state index contributed by atoms with van der Waals surface area (Å²) in [7, 11) is 1.63. The van der Waals surface area contributed by atoms with Gasteiger partial charge in [-0.15, -0.1) is 0 Å². The summed E-state index contributed by atoms with van der Waals surface area (Å²) < 4.78 is 7.28. The fraction of sp³-hybridized carbons (Fsp3) is 0.273. The zero-order chi connectivity index (χ0) is 21.4. The van der Waals surface area contributed by atoms with E-state index in [1.807, 2.05) is 30.5 Å². The summed E-state index contributed by atoms with van der Waals surface area (Å²) in [5, 5.41) is 12.6. The maximum absolute atomic E-state index is 12.0. The van der Waals surface area contributed by atoms with Crippen LogP contribution in [0.2, 0.25) is 0 Å². The minimum atomic E-state index is -0.320. The van der Waals surface area contributed by atoms with Crippen molar-refractivity contribution in [1.29, 1.82) is 0 Å². The average Bonchev–Trinajstić information content (AvgIpc) is 3.44. The topological polar surface area (TPSA) is 110 Å². The predicted molar refractivity (Wildman–Crippen MR) is 113 cm³/mol. The Morgan fingerprint density at radius 2 is 2.19 bits per heavy atom. The highest BCUT2D eigenvalue weighted by atomic mass is 16.5. The van der Waals surface area contributed by atoms with Gasteiger partial charge in [-0.2, -0.15) is 5.10 Å². The molecule has 1 aromatic carbocycles. The van der Waals surface area contributed by atoms with E-state index in [9.17, 15) is 9.59 Å². The summed E-state index contributed by atoms with van der Waals surface area (Å²) in [5.41, 5.74) is 5.22. The van der Waals surface area contributed by atoms with Gasteiger partial charge in [0.05, 0.1) is 12.3 Å². The van der Waals surface area contributed by atoms with Gasteiger partial charge in [0.2, 0.25) is 0 Å². The normalized spacial score (nSPS) is 22.5. The Bertz CT molecular complexity index is 1200. The van der Waals surface area contributed by atoms with Crippen molar-refractivity contribution in [3.8, 4) is 0 Å². The summed E-state index contributed by atoms with van der Waals surface area (Å²) >= 11 is 0. The molecule has 0 unspecified atom stereocenters. The van der Waals surface area contributed by atoms with Crippen LogP contribution in [0.25, 0.3) is 11.2 Å². The van der Waals surface area contributed by atoms with Gasteiger partial charge >= 0.3 is 6.03 Å². The number of imidazole rings is 1. The van der Waals surface area contributed by atoms with Gasteiger partial charge in [-0.3, -0.25) is 4.79 Å². The number of benzene rings is 1. The summed E-state index contributed by atoms with van der Waals surface area (Å²) in [6, 6.07) is 9.48. The van der Waals surface area contributed by atoms with E-state index in [0.29, 0.717) is 18.1 Å². The largest absolute Gasteiger partial charge is 0.356 e. The Hall–Kier alpha value is -3.72. The number of amides is 3. The van der Waals surface area contributed by atoms with Gasteiger partial charge in [0.1, 0.15) is 6.73 Å². The third-order valence-electron chi connectivity index (χ3n) is 5.68. The van der Waals surface area contributed by atoms with Crippen LogP contribution in [0, 0.1) is 0 Å². The van der Waals surface area contributed by atoms with Gasteiger partial charge in [0, 0.05) is 42.3 Å². The molecule has 2 aliphatic rings. The van der Waals surface area contributed by atoms with Crippen molar-refractivity contribution in [3.63, 3.8) is 0 Å². The van der Waals surface area contributed by atoms with Crippen LogP contribution in [0.4, 0.5) is 4.79 Å². The lowest BCUT2D eigenvalue weighted by molar-refractivity contribution is 0.0963. The maximum atomic E-state index is 12.0. The number of ether oxygens (including phenoxy) is 1. The standard InChI is InChI=1S/C22H22N6O3/c1-23-21(29)14-4-2-3-13(7-14)16-8-17(16)18-9-19(27-28-6-5-24-20(18)28)15-10-25-22(30)26-12-31-11-15/h2-7,9-10,16-17H,8,11-12H2,1H3,(H,23,29)(H2,25,26,30)/b15-10+/t16-,17+/m1/s1. The van der Waals surface area contributed by atoms with E-state index in [1.165, 1.54) is 0 Å². The molecule has 5 rings (SSSR count). The van der Waals surface area contributed by atoms with Gasteiger partial charge in [-0.25, -0.2) is 14.3 Å². The lowest BCUT2D eigenvalue weighted by Crippen LogP contribution is -2.36. The van der Waals surface area contributed by atoms with Crippen LogP contribution >= 0.6 is 0 Å². The smallest absolute Gasteiger partial charge is 0.320 e. The number of rotatable bonds is 4. The average molecular weight is 418 g/mol. The zero-order valence-electron chi connectivity index (χ0n) is 17.0. The molecule has 9 heteroatoms. The predicted octanol–water partition coefficient (Wildman–Crippen LogP) is 1.99. The second-order valence-electron chi connectivity index (χ2n) is 7.65.